The number of allylic oxidation sites excluding steroid dienone is 2. The smallest absolute Gasteiger partial charge is 0.302 e. The van der Waals surface area contributed by atoms with Crippen LogP contribution in [-0.2, 0) is 9.53 Å². The summed E-state index contributed by atoms with van der Waals surface area (Å²) in [5.41, 5.74) is 1.65. The van der Waals surface area contributed by atoms with Crippen molar-refractivity contribution in [1.29, 1.82) is 0 Å². The van der Waals surface area contributed by atoms with Gasteiger partial charge in [-0.1, -0.05) is 25.5 Å². The maximum absolute atomic E-state index is 10.7. The first-order chi connectivity index (χ1) is 6.93. The van der Waals surface area contributed by atoms with Gasteiger partial charge in [0.05, 0.1) is 6.61 Å². The Hall–Kier alpha value is -0.790. The summed E-state index contributed by atoms with van der Waals surface area (Å²) in [4.78, 5) is 10.7. The number of carbonyl (C=O) groups excluding carboxylic acids is 1. The Labute approximate surface area is 92.7 Å². The first-order valence-corrected chi connectivity index (χ1v) is 5.58. The summed E-state index contributed by atoms with van der Waals surface area (Å²) < 4.78 is 5.01. The minimum Gasteiger partial charge on any atom is -0.466 e. The van der Waals surface area contributed by atoms with E-state index in [2.05, 4.69) is 33.3 Å². The van der Waals surface area contributed by atoms with E-state index < -0.39 is 0 Å². The van der Waals surface area contributed by atoms with E-state index in [4.69, 9.17) is 4.74 Å². The van der Waals surface area contributed by atoms with Crippen molar-refractivity contribution in [3.05, 3.63) is 18.1 Å². The Morgan fingerprint density at radius 1 is 1.60 bits per heavy atom. The molecule has 1 radical (unpaired) electrons. The summed E-state index contributed by atoms with van der Waals surface area (Å²) in [6.45, 7) is 8.67. The van der Waals surface area contributed by atoms with Gasteiger partial charge >= 0.3 is 5.97 Å². The summed E-state index contributed by atoms with van der Waals surface area (Å²) in [6, 6.07) is 0. The predicted octanol–water partition coefficient (Wildman–Crippen LogP) is 3.14. The second-order valence-electron chi connectivity index (χ2n) is 4.89. The molecule has 0 N–H and O–H groups in total. The molecule has 0 spiro atoms. The van der Waals surface area contributed by atoms with E-state index in [-0.39, 0.29) is 11.4 Å². The van der Waals surface area contributed by atoms with Crippen molar-refractivity contribution in [1.82, 2.24) is 0 Å². The third-order valence-corrected chi connectivity index (χ3v) is 3.24. The highest BCUT2D eigenvalue weighted by Gasteiger charge is 2.32. The Kier molecular flexibility index (Phi) is 3.95. The van der Waals surface area contributed by atoms with E-state index in [9.17, 15) is 4.79 Å². The predicted molar refractivity (Wildman–Crippen MR) is 61.2 cm³/mol. The maximum Gasteiger partial charge on any atom is 0.302 e. The van der Waals surface area contributed by atoms with Crippen molar-refractivity contribution in [3.8, 4) is 0 Å². The molecule has 0 fully saturated rings. The largest absolute Gasteiger partial charge is 0.466 e. The Balaban J connectivity index is 2.53. The molecule has 0 saturated heterocycles. The van der Waals surface area contributed by atoms with Gasteiger partial charge in [-0.3, -0.25) is 4.79 Å². The van der Waals surface area contributed by atoms with Crippen LogP contribution in [0.3, 0.4) is 0 Å². The molecule has 0 heterocycles. The van der Waals surface area contributed by atoms with Gasteiger partial charge in [0.1, 0.15) is 0 Å². The lowest BCUT2D eigenvalue weighted by atomic mass is 9.67. The van der Waals surface area contributed by atoms with Gasteiger partial charge in [-0.05, 0) is 37.5 Å². The lowest BCUT2D eigenvalue weighted by Gasteiger charge is -2.38. The molecule has 15 heavy (non-hydrogen) atoms. The fraction of sp³-hybridized carbons (Fsp3) is 0.692. The van der Waals surface area contributed by atoms with Crippen LogP contribution in [0.5, 0.6) is 0 Å². The number of carbonyl (C=O) groups is 1. The summed E-state index contributed by atoms with van der Waals surface area (Å²) in [5, 5.41) is 0. The SMILES string of the molecule is CC(=O)OCC[C@@H]1C(C)=CC[CH]C1(C)C. The molecule has 0 aliphatic heterocycles. The third kappa shape index (κ3) is 3.37. The van der Waals surface area contributed by atoms with Crippen molar-refractivity contribution < 1.29 is 9.53 Å². The van der Waals surface area contributed by atoms with Crippen LogP contribution in [0.15, 0.2) is 11.6 Å². The van der Waals surface area contributed by atoms with Crippen molar-refractivity contribution in [2.45, 2.75) is 40.5 Å². The molecule has 0 bridgehead atoms. The zero-order valence-corrected chi connectivity index (χ0v) is 10.2. The zero-order chi connectivity index (χ0) is 11.5. The van der Waals surface area contributed by atoms with Crippen LogP contribution < -0.4 is 0 Å². The summed E-state index contributed by atoms with van der Waals surface area (Å²) in [7, 11) is 0. The third-order valence-electron chi connectivity index (χ3n) is 3.24. The average Bonchev–Trinajstić information content (AvgIpc) is 2.09. The molecule has 1 rings (SSSR count). The molecule has 1 aliphatic rings. The van der Waals surface area contributed by atoms with Gasteiger partial charge in [-0.15, -0.1) is 0 Å². The Morgan fingerprint density at radius 3 is 2.80 bits per heavy atom. The lowest BCUT2D eigenvalue weighted by Crippen LogP contribution is -2.29. The number of ether oxygens (including phenoxy) is 1. The fourth-order valence-corrected chi connectivity index (χ4v) is 2.34. The number of rotatable bonds is 3. The van der Waals surface area contributed by atoms with E-state index >= 15 is 0 Å². The molecule has 0 unspecified atom stereocenters. The van der Waals surface area contributed by atoms with E-state index in [1.54, 1.807) is 0 Å². The van der Waals surface area contributed by atoms with E-state index in [0.717, 1.165) is 12.8 Å². The van der Waals surface area contributed by atoms with E-state index in [1.807, 2.05) is 0 Å². The van der Waals surface area contributed by atoms with E-state index in [0.29, 0.717) is 12.5 Å². The molecule has 0 aromatic carbocycles. The van der Waals surface area contributed by atoms with E-state index in [1.165, 1.54) is 12.5 Å². The molecule has 0 aromatic heterocycles. The van der Waals surface area contributed by atoms with Crippen molar-refractivity contribution in [2.75, 3.05) is 6.61 Å². The minimum atomic E-state index is -0.186. The molecule has 2 nitrogen and oxygen atoms in total. The lowest BCUT2D eigenvalue weighted by molar-refractivity contribution is -0.141. The van der Waals surface area contributed by atoms with Gasteiger partial charge in [0.2, 0.25) is 0 Å². The average molecular weight is 209 g/mol. The van der Waals surface area contributed by atoms with Crippen molar-refractivity contribution in [2.24, 2.45) is 11.3 Å². The number of hydrogen-bond acceptors (Lipinski definition) is 2. The summed E-state index contributed by atoms with van der Waals surface area (Å²) >= 11 is 0. The zero-order valence-electron chi connectivity index (χ0n) is 10.2. The molecule has 0 saturated carbocycles. The van der Waals surface area contributed by atoms with Crippen LogP contribution in [0.1, 0.15) is 40.5 Å². The number of hydrogen-bond donors (Lipinski definition) is 0. The van der Waals surface area contributed by atoms with Crippen LogP contribution in [0, 0.1) is 17.8 Å². The molecular formula is C13H21O2. The van der Waals surface area contributed by atoms with Gasteiger partial charge in [0, 0.05) is 6.92 Å². The monoisotopic (exact) mass is 209 g/mol. The molecule has 2 heteroatoms. The van der Waals surface area contributed by atoms with Crippen LogP contribution in [0.4, 0.5) is 0 Å². The molecule has 85 valence electrons. The molecule has 0 amide bonds. The van der Waals surface area contributed by atoms with Crippen LogP contribution in [-0.4, -0.2) is 12.6 Å². The Bertz CT molecular complexity index is 264. The fourth-order valence-electron chi connectivity index (χ4n) is 2.34. The maximum atomic E-state index is 10.7. The molecule has 1 atom stereocenters. The summed E-state index contributed by atoms with van der Waals surface area (Å²) in [6.07, 6.45) is 6.59. The quantitative estimate of drug-likeness (QED) is 0.527. The van der Waals surface area contributed by atoms with Gasteiger partial charge < -0.3 is 4.74 Å². The first-order valence-electron chi connectivity index (χ1n) is 5.58. The van der Waals surface area contributed by atoms with Crippen LogP contribution in [0.25, 0.3) is 0 Å². The second-order valence-corrected chi connectivity index (χ2v) is 4.89. The van der Waals surface area contributed by atoms with Gasteiger partial charge in [-0.25, -0.2) is 0 Å². The highest BCUT2D eigenvalue weighted by Crippen LogP contribution is 2.41. The first kappa shape index (κ1) is 12.3. The van der Waals surface area contributed by atoms with Crippen molar-refractivity contribution >= 4 is 5.97 Å². The van der Waals surface area contributed by atoms with Crippen LogP contribution >= 0.6 is 0 Å². The van der Waals surface area contributed by atoms with Gasteiger partial charge in [0.15, 0.2) is 0 Å². The molecular weight excluding hydrogens is 188 g/mol. The Morgan fingerprint density at radius 2 is 2.27 bits per heavy atom. The molecule has 0 aromatic rings. The standard InChI is InChI=1S/C13H21O2/c1-10-6-5-8-13(3,4)12(10)7-9-15-11(2)14/h6,8,12H,5,7,9H2,1-4H3/t12-/m1/s1. The highest BCUT2D eigenvalue weighted by atomic mass is 16.5. The van der Waals surface area contributed by atoms with Crippen LogP contribution in [0.2, 0.25) is 0 Å². The minimum absolute atomic E-state index is 0.186. The van der Waals surface area contributed by atoms with Gasteiger partial charge in [-0.2, -0.15) is 0 Å². The molecule has 1 aliphatic carbocycles. The second kappa shape index (κ2) is 4.82. The normalized spacial score (nSPS) is 24.5. The van der Waals surface area contributed by atoms with Crippen molar-refractivity contribution in [3.63, 3.8) is 0 Å². The highest BCUT2D eigenvalue weighted by molar-refractivity contribution is 5.65. The number of esters is 1. The topological polar surface area (TPSA) is 26.3 Å². The van der Waals surface area contributed by atoms with Gasteiger partial charge in [0.25, 0.3) is 0 Å². The summed E-state index contributed by atoms with van der Waals surface area (Å²) in [5.74, 6) is 0.319.